The zero-order chi connectivity index (χ0) is 13.8. The lowest BCUT2D eigenvalue weighted by Gasteiger charge is -2.20. The van der Waals surface area contributed by atoms with Crippen molar-refractivity contribution in [2.24, 2.45) is 0 Å². The zero-order valence-electron chi connectivity index (χ0n) is 11.0. The van der Waals surface area contributed by atoms with Crippen LogP contribution in [-0.4, -0.2) is 17.5 Å². The Labute approximate surface area is 107 Å². The molecule has 0 unspecified atom stereocenters. The van der Waals surface area contributed by atoms with Crippen LogP contribution in [0.3, 0.4) is 0 Å². The van der Waals surface area contributed by atoms with Crippen molar-refractivity contribution in [3.63, 3.8) is 0 Å². The van der Waals surface area contributed by atoms with E-state index in [1.54, 1.807) is 24.3 Å². The third-order valence-electron chi connectivity index (χ3n) is 1.88. The molecular formula is C13H18N2O3. The van der Waals surface area contributed by atoms with Crippen LogP contribution >= 0.6 is 0 Å². The third kappa shape index (κ3) is 4.86. The summed E-state index contributed by atoms with van der Waals surface area (Å²) >= 11 is 0. The Hall–Kier alpha value is -2.04. The van der Waals surface area contributed by atoms with Gasteiger partial charge in [0.25, 0.3) is 0 Å². The summed E-state index contributed by atoms with van der Waals surface area (Å²) in [5, 5.41) is 5.27. The number of nitrogens with one attached hydrogen (secondary N) is 2. The monoisotopic (exact) mass is 250 g/mol. The molecule has 1 aromatic carbocycles. The highest BCUT2D eigenvalue weighted by molar-refractivity contribution is 5.91. The zero-order valence-corrected chi connectivity index (χ0v) is 11.0. The molecule has 0 aliphatic heterocycles. The lowest BCUT2D eigenvalue weighted by Crippen LogP contribution is -2.42. The van der Waals surface area contributed by atoms with Crippen LogP contribution < -0.4 is 15.4 Å². The summed E-state index contributed by atoms with van der Waals surface area (Å²) in [5.41, 5.74) is 0.0918. The maximum Gasteiger partial charge on any atom is 0.413 e. The molecule has 1 aromatic rings. The number of carbonyl (C=O) groups is 2. The van der Waals surface area contributed by atoms with Crippen molar-refractivity contribution in [3.8, 4) is 5.75 Å². The SMILES string of the molecule is CC(=O)Nc1ccccc1OC(=O)NC(C)(C)C. The Morgan fingerprint density at radius 1 is 1.17 bits per heavy atom. The molecule has 18 heavy (non-hydrogen) atoms. The first-order chi connectivity index (χ1) is 8.28. The van der Waals surface area contributed by atoms with Crippen molar-refractivity contribution < 1.29 is 14.3 Å². The summed E-state index contributed by atoms with van der Waals surface area (Å²) in [6, 6.07) is 6.76. The largest absolute Gasteiger partial charge is 0.413 e. The first-order valence-electron chi connectivity index (χ1n) is 5.64. The number of anilines is 1. The first kappa shape index (κ1) is 14.0. The van der Waals surface area contributed by atoms with E-state index in [4.69, 9.17) is 4.74 Å². The summed E-state index contributed by atoms with van der Waals surface area (Å²) in [7, 11) is 0. The molecule has 1 rings (SSSR count). The van der Waals surface area contributed by atoms with Crippen LogP contribution in [0.4, 0.5) is 10.5 Å². The molecular weight excluding hydrogens is 232 g/mol. The molecule has 5 heteroatoms. The molecule has 2 amide bonds. The summed E-state index contributed by atoms with van der Waals surface area (Å²) in [5.74, 6) is 0.0942. The van der Waals surface area contributed by atoms with Gasteiger partial charge in [0.2, 0.25) is 5.91 Å². The van der Waals surface area contributed by atoms with E-state index in [0.717, 1.165) is 0 Å². The number of para-hydroxylation sites is 2. The Bertz CT molecular complexity index is 450. The minimum Gasteiger partial charge on any atom is -0.408 e. The maximum absolute atomic E-state index is 11.6. The number of hydrogen-bond donors (Lipinski definition) is 2. The number of benzene rings is 1. The normalized spacial score (nSPS) is 10.7. The lowest BCUT2D eigenvalue weighted by atomic mass is 10.1. The molecule has 0 spiro atoms. The van der Waals surface area contributed by atoms with Gasteiger partial charge in [0.15, 0.2) is 5.75 Å². The molecule has 2 N–H and O–H groups in total. The van der Waals surface area contributed by atoms with E-state index < -0.39 is 6.09 Å². The molecule has 98 valence electrons. The van der Waals surface area contributed by atoms with Gasteiger partial charge in [-0.3, -0.25) is 4.79 Å². The highest BCUT2D eigenvalue weighted by atomic mass is 16.6. The number of amides is 2. The summed E-state index contributed by atoms with van der Waals surface area (Å²) in [6.07, 6.45) is -0.555. The van der Waals surface area contributed by atoms with Crippen LogP contribution in [0, 0.1) is 0 Å². The number of rotatable bonds is 2. The first-order valence-corrected chi connectivity index (χ1v) is 5.64. The fourth-order valence-corrected chi connectivity index (χ4v) is 1.28. The van der Waals surface area contributed by atoms with Gasteiger partial charge < -0.3 is 15.4 Å². The molecule has 0 radical (unpaired) electrons. The summed E-state index contributed by atoms with van der Waals surface area (Å²) < 4.78 is 5.16. The standard InChI is InChI=1S/C13H18N2O3/c1-9(16)14-10-7-5-6-8-11(10)18-12(17)15-13(2,3)4/h5-8H,1-4H3,(H,14,16)(H,15,17). The van der Waals surface area contributed by atoms with E-state index in [1.165, 1.54) is 6.92 Å². The van der Waals surface area contributed by atoms with E-state index >= 15 is 0 Å². The van der Waals surface area contributed by atoms with Crippen molar-refractivity contribution >= 4 is 17.7 Å². The topological polar surface area (TPSA) is 67.4 Å². The third-order valence-corrected chi connectivity index (χ3v) is 1.88. The molecule has 0 atom stereocenters. The Morgan fingerprint density at radius 2 is 1.78 bits per heavy atom. The molecule has 0 bridgehead atoms. The van der Waals surface area contributed by atoms with Gasteiger partial charge in [-0.25, -0.2) is 4.79 Å². The van der Waals surface area contributed by atoms with Crippen LogP contribution in [0.25, 0.3) is 0 Å². The highest BCUT2D eigenvalue weighted by Crippen LogP contribution is 2.23. The van der Waals surface area contributed by atoms with Crippen LogP contribution in [0.15, 0.2) is 24.3 Å². The molecule has 0 aliphatic carbocycles. The quantitative estimate of drug-likeness (QED) is 0.847. The smallest absolute Gasteiger partial charge is 0.408 e. The Morgan fingerprint density at radius 3 is 2.33 bits per heavy atom. The van der Waals surface area contributed by atoms with Gasteiger partial charge in [-0.05, 0) is 32.9 Å². The second-order valence-corrected chi connectivity index (χ2v) is 4.94. The Balaban J connectivity index is 2.78. The minimum atomic E-state index is -0.555. The van der Waals surface area contributed by atoms with E-state index in [9.17, 15) is 9.59 Å². The number of hydrogen-bond acceptors (Lipinski definition) is 3. The molecule has 0 aromatic heterocycles. The van der Waals surface area contributed by atoms with E-state index in [1.807, 2.05) is 20.8 Å². The minimum absolute atomic E-state index is 0.220. The van der Waals surface area contributed by atoms with E-state index in [2.05, 4.69) is 10.6 Å². The number of ether oxygens (including phenoxy) is 1. The molecule has 5 nitrogen and oxygen atoms in total. The molecule has 0 heterocycles. The van der Waals surface area contributed by atoms with Gasteiger partial charge in [0.1, 0.15) is 0 Å². The average molecular weight is 250 g/mol. The van der Waals surface area contributed by atoms with Crippen molar-refractivity contribution in [2.75, 3.05) is 5.32 Å². The highest BCUT2D eigenvalue weighted by Gasteiger charge is 2.16. The summed E-state index contributed by atoms with van der Waals surface area (Å²) in [4.78, 5) is 22.6. The maximum atomic E-state index is 11.6. The van der Waals surface area contributed by atoms with Crippen molar-refractivity contribution in [3.05, 3.63) is 24.3 Å². The van der Waals surface area contributed by atoms with Gasteiger partial charge in [-0.2, -0.15) is 0 Å². The van der Waals surface area contributed by atoms with Gasteiger partial charge >= 0.3 is 6.09 Å². The Kier molecular flexibility index (Phi) is 4.31. The average Bonchev–Trinajstić information content (AvgIpc) is 2.17. The van der Waals surface area contributed by atoms with Gasteiger partial charge in [-0.15, -0.1) is 0 Å². The summed E-state index contributed by atoms with van der Waals surface area (Å²) in [6.45, 7) is 6.96. The van der Waals surface area contributed by atoms with Crippen molar-refractivity contribution in [1.82, 2.24) is 5.32 Å². The predicted molar refractivity (Wildman–Crippen MR) is 69.7 cm³/mol. The lowest BCUT2D eigenvalue weighted by molar-refractivity contribution is -0.114. The van der Waals surface area contributed by atoms with Gasteiger partial charge in [0.05, 0.1) is 5.69 Å². The van der Waals surface area contributed by atoms with Crippen molar-refractivity contribution in [2.45, 2.75) is 33.2 Å². The molecule has 0 saturated heterocycles. The van der Waals surface area contributed by atoms with Crippen LogP contribution in [0.5, 0.6) is 5.75 Å². The van der Waals surface area contributed by atoms with Crippen LogP contribution in [0.2, 0.25) is 0 Å². The second kappa shape index (κ2) is 5.53. The van der Waals surface area contributed by atoms with E-state index in [0.29, 0.717) is 11.4 Å². The second-order valence-electron chi connectivity index (χ2n) is 4.94. The number of carbonyl (C=O) groups excluding carboxylic acids is 2. The predicted octanol–water partition coefficient (Wildman–Crippen LogP) is 2.53. The van der Waals surface area contributed by atoms with Crippen molar-refractivity contribution in [1.29, 1.82) is 0 Å². The fraction of sp³-hybridized carbons (Fsp3) is 0.385. The molecule has 0 aliphatic rings. The molecule has 0 saturated carbocycles. The van der Waals surface area contributed by atoms with Crippen LogP contribution in [0.1, 0.15) is 27.7 Å². The van der Waals surface area contributed by atoms with Crippen LogP contribution in [-0.2, 0) is 4.79 Å². The fourth-order valence-electron chi connectivity index (χ4n) is 1.28. The van der Waals surface area contributed by atoms with Gasteiger partial charge in [0, 0.05) is 12.5 Å². The van der Waals surface area contributed by atoms with E-state index in [-0.39, 0.29) is 11.4 Å². The van der Waals surface area contributed by atoms with Gasteiger partial charge in [-0.1, -0.05) is 12.1 Å². The molecule has 0 fully saturated rings.